The molecule has 2 saturated heterocycles. The molecule has 1 saturated carbocycles. The van der Waals surface area contributed by atoms with Gasteiger partial charge in [0, 0.05) is 11.7 Å². The smallest absolute Gasteiger partial charge is 0.248 e. The van der Waals surface area contributed by atoms with Gasteiger partial charge in [0.25, 0.3) is 0 Å². The van der Waals surface area contributed by atoms with Gasteiger partial charge in [-0.05, 0) is 30.9 Å². The Morgan fingerprint density at radius 2 is 1.96 bits per heavy atom. The Hall–Kier alpha value is -1.54. The largest absolute Gasteiger partial charge is 0.495 e. The number of amides is 1. The number of carbonyl (C=O) groups is 1. The zero-order valence-corrected chi connectivity index (χ0v) is 17.7. The highest BCUT2D eigenvalue weighted by Crippen LogP contribution is 2.43. The van der Waals surface area contributed by atoms with Gasteiger partial charge >= 0.3 is 0 Å². The Balaban J connectivity index is 1.62. The van der Waals surface area contributed by atoms with Crippen molar-refractivity contribution in [3.8, 4) is 5.75 Å². The van der Waals surface area contributed by atoms with E-state index in [0.717, 1.165) is 18.5 Å². The van der Waals surface area contributed by atoms with Crippen molar-refractivity contribution in [2.24, 2.45) is 10.9 Å². The number of thioether (sulfide) groups is 1. The van der Waals surface area contributed by atoms with Gasteiger partial charge in [0.1, 0.15) is 5.75 Å². The molecule has 2 heterocycles. The Labute approximate surface area is 170 Å². The number of amidine groups is 1. The lowest BCUT2D eigenvalue weighted by molar-refractivity contribution is -0.118. The molecule has 1 aromatic carbocycles. The highest BCUT2D eigenvalue weighted by Gasteiger charge is 2.50. The van der Waals surface area contributed by atoms with E-state index in [1.54, 1.807) is 7.11 Å². The van der Waals surface area contributed by atoms with Crippen molar-refractivity contribution in [1.82, 2.24) is 0 Å². The maximum Gasteiger partial charge on any atom is 0.248 e. The van der Waals surface area contributed by atoms with Crippen molar-refractivity contribution in [3.05, 3.63) is 24.3 Å². The zero-order chi connectivity index (χ0) is 19.7. The third kappa shape index (κ3) is 4.08. The summed E-state index contributed by atoms with van der Waals surface area (Å²) in [6, 6.07) is 7.29. The Bertz CT molecular complexity index is 878. The molecule has 2 aliphatic heterocycles. The molecule has 152 valence electrons. The van der Waals surface area contributed by atoms with Gasteiger partial charge in [0.2, 0.25) is 5.91 Å². The predicted octanol–water partition coefficient (Wildman–Crippen LogP) is 3.27. The average molecular weight is 423 g/mol. The van der Waals surface area contributed by atoms with Crippen LogP contribution >= 0.6 is 11.8 Å². The van der Waals surface area contributed by atoms with Crippen LogP contribution in [0.2, 0.25) is 0 Å². The molecule has 3 aliphatic rings. The number of aliphatic imine (C=N–C) groups is 1. The van der Waals surface area contributed by atoms with Crippen LogP contribution in [0.15, 0.2) is 29.3 Å². The predicted molar refractivity (Wildman–Crippen MR) is 113 cm³/mol. The summed E-state index contributed by atoms with van der Waals surface area (Å²) in [5, 5.41) is 0.506. The Morgan fingerprint density at radius 1 is 1.21 bits per heavy atom. The maximum atomic E-state index is 12.7. The fourth-order valence-electron chi connectivity index (χ4n) is 4.47. The van der Waals surface area contributed by atoms with Gasteiger partial charge in [-0.15, -0.1) is 0 Å². The van der Waals surface area contributed by atoms with E-state index in [9.17, 15) is 13.2 Å². The SMILES string of the molecule is COc1ccccc1N1C(=NC(=O)CC2CCCCC2)S[C@H]2CS(=O)(=O)C[C@H]21. The van der Waals surface area contributed by atoms with Gasteiger partial charge in [-0.3, -0.25) is 4.79 Å². The van der Waals surface area contributed by atoms with Crippen LogP contribution in [0.5, 0.6) is 5.75 Å². The Morgan fingerprint density at radius 3 is 2.71 bits per heavy atom. The number of para-hydroxylation sites is 2. The lowest BCUT2D eigenvalue weighted by atomic mass is 9.87. The third-order valence-electron chi connectivity index (χ3n) is 5.82. The van der Waals surface area contributed by atoms with Crippen LogP contribution in [0.1, 0.15) is 38.5 Å². The van der Waals surface area contributed by atoms with Crippen LogP contribution in [-0.2, 0) is 14.6 Å². The van der Waals surface area contributed by atoms with Gasteiger partial charge < -0.3 is 9.64 Å². The summed E-state index contributed by atoms with van der Waals surface area (Å²) < 4.78 is 29.9. The summed E-state index contributed by atoms with van der Waals surface area (Å²) in [4.78, 5) is 19.0. The summed E-state index contributed by atoms with van der Waals surface area (Å²) in [7, 11) is -1.49. The van der Waals surface area contributed by atoms with Crippen molar-refractivity contribution in [2.75, 3.05) is 23.5 Å². The molecular weight excluding hydrogens is 396 g/mol. The van der Waals surface area contributed by atoms with Crippen molar-refractivity contribution < 1.29 is 17.9 Å². The van der Waals surface area contributed by atoms with Crippen LogP contribution in [0.3, 0.4) is 0 Å². The number of benzene rings is 1. The topological polar surface area (TPSA) is 76.0 Å². The number of rotatable bonds is 4. The molecule has 0 N–H and O–H groups in total. The highest BCUT2D eigenvalue weighted by molar-refractivity contribution is 8.16. The van der Waals surface area contributed by atoms with Gasteiger partial charge in [-0.2, -0.15) is 4.99 Å². The van der Waals surface area contributed by atoms with Gasteiger partial charge in [-0.25, -0.2) is 8.42 Å². The summed E-state index contributed by atoms with van der Waals surface area (Å²) in [6.07, 6.45) is 6.33. The van der Waals surface area contributed by atoms with E-state index in [4.69, 9.17) is 4.74 Å². The zero-order valence-electron chi connectivity index (χ0n) is 16.0. The van der Waals surface area contributed by atoms with Crippen molar-refractivity contribution in [1.29, 1.82) is 0 Å². The first-order chi connectivity index (χ1) is 13.5. The third-order valence-corrected chi connectivity index (χ3v) is 9.03. The molecule has 1 aromatic rings. The molecule has 0 unspecified atom stereocenters. The minimum Gasteiger partial charge on any atom is -0.495 e. The molecule has 8 heteroatoms. The van der Waals surface area contributed by atoms with Gasteiger partial charge in [0.05, 0.1) is 30.3 Å². The number of hydrogen-bond acceptors (Lipinski definition) is 5. The van der Waals surface area contributed by atoms with E-state index >= 15 is 0 Å². The first kappa shape index (κ1) is 19.8. The number of carbonyl (C=O) groups excluding carboxylic acids is 1. The number of hydrogen-bond donors (Lipinski definition) is 0. The minimum absolute atomic E-state index is 0.0819. The number of sulfone groups is 1. The number of fused-ring (bicyclic) bond motifs is 1. The van der Waals surface area contributed by atoms with Gasteiger partial charge in [-0.1, -0.05) is 43.2 Å². The van der Waals surface area contributed by atoms with E-state index in [1.807, 2.05) is 29.2 Å². The summed E-state index contributed by atoms with van der Waals surface area (Å²) >= 11 is 1.42. The molecule has 1 amide bonds. The molecule has 4 rings (SSSR count). The normalized spacial score (nSPS) is 28.5. The van der Waals surface area contributed by atoms with Crippen LogP contribution in [0.4, 0.5) is 5.69 Å². The quantitative estimate of drug-likeness (QED) is 0.741. The average Bonchev–Trinajstić information content (AvgIpc) is 3.13. The molecule has 6 nitrogen and oxygen atoms in total. The fraction of sp³-hybridized carbons (Fsp3) is 0.600. The monoisotopic (exact) mass is 422 g/mol. The number of methoxy groups -OCH3 is 1. The molecule has 2 atom stereocenters. The van der Waals surface area contributed by atoms with E-state index in [2.05, 4.69) is 4.99 Å². The second-order valence-electron chi connectivity index (χ2n) is 7.84. The van der Waals surface area contributed by atoms with Crippen molar-refractivity contribution in [2.45, 2.75) is 49.8 Å². The molecule has 0 spiro atoms. The molecule has 0 radical (unpaired) electrons. The fourth-order valence-corrected chi connectivity index (χ4v) is 8.39. The number of ether oxygens (including phenoxy) is 1. The molecular formula is C20H26N2O4S2. The van der Waals surface area contributed by atoms with Crippen molar-refractivity contribution in [3.63, 3.8) is 0 Å². The van der Waals surface area contributed by atoms with Crippen LogP contribution in [-0.4, -0.2) is 49.4 Å². The molecule has 1 aliphatic carbocycles. The molecule has 0 bridgehead atoms. The lowest BCUT2D eigenvalue weighted by Gasteiger charge is -2.26. The standard InChI is InChI=1S/C20H26N2O4S2/c1-26-17-10-6-5-9-15(17)22-16-12-28(24,25)13-18(16)27-20(22)21-19(23)11-14-7-3-2-4-8-14/h5-6,9-10,14,16,18H,2-4,7-8,11-13H2,1H3/t16-,18+/m1/s1. The molecule has 28 heavy (non-hydrogen) atoms. The highest BCUT2D eigenvalue weighted by atomic mass is 32.2. The maximum absolute atomic E-state index is 12.7. The van der Waals surface area contributed by atoms with Crippen LogP contribution < -0.4 is 9.64 Å². The van der Waals surface area contributed by atoms with E-state index in [1.165, 1.54) is 31.0 Å². The number of anilines is 1. The second-order valence-corrected chi connectivity index (χ2v) is 11.2. The van der Waals surface area contributed by atoms with Crippen LogP contribution in [0, 0.1) is 5.92 Å². The summed E-state index contributed by atoms with van der Waals surface area (Å²) in [5.41, 5.74) is 0.770. The second kappa shape index (κ2) is 8.06. The van der Waals surface area contributed by atoms with E-state index < -0.39 is 9.84 Å². The van der Waals surface area contributed by atoms with Crippen LogP contribution in [0.25, 0.3) is 0 Å². The van der Waals surface area contributed by atoms with Crippen molar-refractivity contribution >= 4 is 38.4 Å². The summed E-state index contributed by atoms with van der Waals surface area (Å²) in [5.74, 6) is 1.19. The summed E-state index contributed by atoms with van der Waals surface area (Å²) in [6.45, 7) is 0. The molecule has 0 aromatic heterocycles. The first-order valence-electron chi connectivity index (χ1n) is 9.88. The minimum atomic E-state index is -3.08. The van der Waals surface area contributed by atoms with E-state index in [0.29, 0.717) is 23.3 Å². The Kier molecular flexibility index (Phi) is 5.69. The van der Waals surface area contributed by atoms with Gasteiger partial charge in [0.15, 0.2) is 15.0 Å². The first-order valence-corrected chi connectivity index (χ1v) is 12.6. The molecule has 3 fully saturated rings. The van der Waals surface area contributed by atoms with E-state index in [-0.39, 0.29) is 28.7 Å². The number of nitrogens with zero attached hydrogens (tertiary/aromatic N) is 2. The lowest BCUT2D eigenvalue weighted by Crippen LogP contribution is -2.38.